The maximum absolute atomic E-state index is 12.8. The standard InChI is InChI=1S/C14H17F3N2O4S/c1-13(3-4-24(21,22)8-13)19-12(20)18-10-5-9(14(15,16)17)6-11(7-10)23-2/h5-7H,3-4,8H2,1-2H3,(H2,18,19,20). The topological polar surface area (TPSA) is 84.5 Å². The van der Waals surface area contributed by atoms with Crippen LogP contribution in [0.5, 0.6) is 5.75 Å². The van der Waals surface area contributed by atoms with Gasteiger partial charge in [0.2, 0.25) is 0 Å². The normalized spacial score (nSPS) is 22.9. The van der Waals surface area contributed by atoms with Crippen molar-refractivity contribution in [2.45, 2.75) is 25.1 Å². The van der Waals surface area contributed by atoms with E-state index >= 15 is 0 Å². The highest BCUT2D eigenvalue weighted by Crippen LogP contribution is 2.34. The minimum absolute atomic E-state index is 0.0405. The van der Waals surface area contributed by atoms with Gasteiger partial charge in [-0.2, -0.15) is 13.2 Å². The van der Waals surface area contributed by atoms with Gasteiger partial charge in [0.15, 0.2) is 9.84 Å². The average Bonchev–Trinajstić information content (AvgIpc) is 2.70. The molecule has 0 aliphatic carbocycles. The molecule has 1 fully saturated rings. The lowest BCUT2D eigenvalue weighted by molar-refractivity contribution is -0.137. The fourth-order valence-corrected chi connectivity index (χ4v) is 4.59. The Kier molecular flexibility index (Phi) is 4.71. The molecule has 0 spiro atoms. The highest BCUT2D eigenvalue weighted by molar-refractivity contribution is 7.91. The predicted octanol–water partition coefficient (Wildman–Crippen LogP) is 2.41. The van der Waals surface area contributed by atoms with E-state index < -0.39 is 33.1 Å². The molecule has 1 aromatic rings. The number of alkyl halides is 3. The SMILES string of the molecule is COc1cc(NC(=O)NC2(C)CCS(=O)(=O)C2)cc(C(F)(F)F)c1. The molecule has 1 aliphatic heterocycles. The molecular formula is C14H17F3N2O4S. The van der Waals surface area contributed by atoms with Crippen LogP contribution in [0.25, 0.3) is 0 Å². The fourth-order valence-electron chi connectivity index (χ4n) is 2.50. The summed E-state index contributed by atoms with van der Waals surface area (Å²) in [5.41, 5.74) is -2.02. The number of carbonyl (C=O) groups excluding carboxylic acids is 1. The molecule has 2 amide bonds. The summed E-state index contributed by atoms with van der Waals surface area (Å²) < 4.78 is 66.4. The van der Waals surface area contributed by atoms with Crippen molar-refractivity contribution < 1.29 is 31.1 Å². The summed E-state index contributed by atoms with van der Waals surface area (Å²) in [5.74, 6) is -0.310. The number of halogens is 3. The Morgan fingerprint density at radius 3 is 2.46 bits per heavy atom. The van der Waals surface area contributed by atoms with Gasteiger partial charge < -0.3 is 15.4 Å². The van der Waals surface area contributed by atoms with Crippen molar-refractivity contribution in [1.29, 1.82) is 0 Å². The molecule has 1 heterocycles. The quantitative estimate of drug-likeness (QED) is 0.860. The number of anilines is 1. The lowest BCUT2D eigenvalue weighted by Crippen LogP contribution is -2.48. The number of nitrogens with one attached hydrogen (secondary N) is 2. The number of methoxy groups -OCH3 is 1. The Bertz CT molecular complexity index is 749. The largest absolute Gasteiger partial charge is 0.497 e. The molecule has 6 nitrogen and oxygen atoms in total. The molecule has 0 saturated carbocycles. The third-order valence-corrected chi connectivity index (χ3v) is 5.55. The van der Waals surface area contributed by atoms with E-state index in [2.05, 4.69) is 10.6 Å². The summed E-state index contributed by atoms with van der Waals surface area (Å²) in [6.07, 6.45) is -4.35. The van der Waals surface area contributed by atoms with Crippen molar-refractivity contribution in [3.63, 3.8) is 0 Å². The van der Waals surface area contributed by atoms with E-state index in [9.17, 15) is 26.4 Å². The molecule has 1 aromatic carbocycles. The first kappa shape index (κ1) is 18.4. The highest BCUT2D eigenvalue weighted by atomic mass is 32.2. The van der Waals surface area contributed by atoms with Gasteiger partial charge in [-0.3, -0.25) is 0 Å². The van der Waals surface area contributed by atoms with Crippen LogP contribution < -0.4 is 15.4 Å². The summed E-state index contributed by atoms with van der Waals surface area (Å²) in [6, 6.07) is 2.04. The minimum atomic E-state index is -4.59. The van der Waals surface area contributed by atoms with Crippen molar-refractivity contribution in [1.82, 2.24) is 5.32 Å². The zero-order valence-electron chi connectivity index (χ0n) is 13.0. The first-order valence-electron chi connectivity index (χ1n) is 6.98. The van der Waals surface area contributed by atoms with Crippen LogP contribution in [0.3, 0.4) is 0 Å². The summed E-state index contributed by atoms with van der Waals surface area (Å²) in [5, 5.41) is 4.79. The highest BCUT2D eigenvalue weighted by Gasteiger charge is 2.39. The molecule has 1 atom stereocenters. The molecule has 1 aliphatic rings. The molecule has 0 bridgehead atoms. The monoisotopic (exact) mass is 366 g/mol. The second-order valence-corrected chi connectivity index (χ2v) is 8.11. The molecule has 0 radical (unpaired) electrons. The van der Waals surface area contributed by atoms with Crippen LogP contribution >= 0.6 is 0 Å². The Labute approximate surface area is 137 Å². The zero-order chi connectivity index (χ0) is 18.2. The van der Waals surface area contributed by atoms with Crippen LogP contribution in [0.2, 0.25) is 0 Å². The number of carbonyl (C=O) groups is 1. The molecule has 1 saturated heterocycles. The maximum Gasteiger partial charge on any atom is 0.416 e. The van der Waals surface area contributed by atoms with Gasteiger partial charge in [-0.05, 0) is 25.5 Å². The number of sulfone groups is 1. The van der Waals surface area contributed by atoms with Crippen molar-refractivity contribution in [2.75, 3.05) is 23.9 Å². The zero-order valence-corrected chi connectivity index (χ0v) is 13.8. The summed E-state index contributed by atoms with van der Waals surface area (Å²) >= 11 is 0. The number of hydrogen-bond acceptors (Lipinski definition) is 4. The molecule has 1 unspecified atom stereocenters. The van der Waals surface area contributed by atoms with Crippen molar-refractivity contribution in [3.05, 3.63) is 23.8 Å². The molecule has 0 aromatic heterocycles. The van der Waals surface area contributed by atoms with E-state index in [1.165, 1.54) is 13.2 Å². The van der Waals surface area contributed by atoms with Gasteiger partial charge in [0.05, 0.1) is 29.7 Å². The lowest BCUT2D eigenvalue weighted by atomic mass is 10.0. The van der Waals surface area contributed by atoms with E-state index in [0.717, 1.165) is 12.1 Å². The van der Waals surface area contributed by atoms with E-state index in [1.807, 2.05) is 0 Å². The molecule has 24 heavy (non-hydrogen) atoms. The van der Waals surface area contributed by atoms with Crippen LogP contribution in [0.4, 0.5) is 23.7 Å². The van der Waals surface area contributed by atoms with Crippen LogP contribution in [-0.4, -0.2) is 38.6 Å². The van der Waals surface area contributed by atoms with Gasteiger partial charge in [0.1, 0.15) is 5.75 Å². The number of rotatable bonds is 3. The van der Waals surface area contributed by atoms with Crippen LogP contribution in [0.1, 0.15) is 18.9 Å². The molecule has 2 N–H and O–H groups in total. The number of benzene rings is 1. The first-order valence-corrected chi connectivity index (χ1v) is 8.80. The Morgan fingerprint density at radius 2 is 1.96 bits per heavy atom. The summed E-state index contributed by atoms with van der Waals surface area (Å²) in [4.78, 5) is 12.0. The number of hydrogen-bond donors (Lipinski definition) is 2. The number of urea groups is 1. The summed E-state index contributed by atoms with van der Waals surface area (Å²) in [7, 11) is -2.01. The Balaban J connectivity index is 2.14. The van der Waals surface area contributed by atoms with Crippen molar-refractivity contribution in [2.24, 2.45) is 0 Å². The third kappa shape index (κ3) is 4.53. The minimum Gasteiger partial charge on any atom is -0.497 e. The number of amides is 2. The first-order chi connectivity index (χ1) is 10.9. The van der Waals surface area contributed by atoms with Gasteiger partial charge in [-0.15, -0.1) is 0 Å². The van der Waals surface area contributed by atoms with Crippen LogP contribution in [-0.2, 0) is 16.0 Å². The molecule has 2 rings (SSSR count). The second-order valence-electron chi connectivity index (χ2n) is 5.93. The van der Waals surface area contributed by atoms with E-state index in [4.69, 9.17) is 4.74 Å². The van der Waals surface area contributed by atoms with E-state index in [-0.39, 0.29) is 29.4 Å². The third-order valence-electron chi connectivity index (χ3n) is 3.65. The smallest absolute Gasteiger partial charge is 0.416 e. The fraction of sp³-hybridized carbons (Fsp3) is 0.500. The van der Waals surface area contributed by atoms with E-state index in [0.29, 0.717) is 0 Å². The van der Waals surface area contributed by atoms with Crippen LogP contribution in [0, 0.1) is 0 Å². The van der Waals surface area contributed by atoms with Crippen molar-refractivity contribution >= 4 is 21.6 Å². The Morgan fingerprint density at radius 1 is 1.29 bits per heavy atom. The van der Waals surface area contributed by atoms with Gasteiger partial charge >= 0.3 is 12.2 Å². The summed E-state index contributed by atoms with van der Waals surface area (Å²) in [6.45, 7) is 1.57. The molecule has 10 heteroatoms. The second kappa shape index (κ2) is 6.15. The van der Waals surface area contributed by atoms with Gasteiger partial charge in [-0.1, -0.05) is 0 Å². The predicted molar refractivity (Wildman–Crippen MR) is 81.8 cm³/mol. The van der Waals surface area contributed by atoms with Gasteiger partial charge in [0, 0.05) is 11.8 Å². The Hall–Kier alpha value is -1.97. The number of ether oxygens (including phenoxy) is 1. The molecule has 134 valence electrons. The van der Waals surface area contributed by atoms with Crippen LogP contribution in [0.15, 0.2) is 18.2 Å². The lowest BCUT2D eigenvalue weighted by Gasteiger charge is -2.24. The van der Waals surface area contributed by atoms with Gasteiger partial charge in [-0.25, -0.2) is 13.2 Å². The van der Waals surface area contributed by atoms with Crippen molar-refractivity contribution in [3.8, 4) is 5.75 Å². The molecular weight excluding hydrogens is 349 g/mol. The average molecular weight is 366 g/mol. The van der Waals surface area contributed by atoms with Gasteiger partial charge in [0.25, 0.3) is 0 Å². The van der Waals surface area contributed by atoms with E-state index in [1.54, 1.807) is 6.92 Å². The maximum atomic E-state index is 12.8.